The molecular weight excluding hydrogens is 335 g/mol. The Morgan fingerprint density at radius 2 is 1.58 bits per heavy atom. The molecule has 1 fully saturated rings. The second-order valence-electron chi connectivity index (χ2n) is 6.84. The summed E-state index contributed by atoms with van der Waals surface area (Å²) >= 11 is 0. The van der Waals surface area contributed by atoms with E-state index in [0.717, 1.165) is 5.57 Å². The van der Waals surface area contributed by atoms with Crippen LogP contribution in [0.15, 0.2) is 22.3 Å². The number of hydrogen-bond acceptors (Lipinski definition) is 7. The third-order valence-corrected chi connectivity index (χ3v) is 6.13. The Morgan fingerprint density at radius 3 is 2.00 bits per heavy atom. The van der Waals surface area contributed by atoms with E-state index in [1.807, 2.05) is 13.8 Å². The lowest BCUT2D eigenvalue weighted by atomic mass is 9.79. The molecule has 0 radical (unpaired) electrons. The summed E-state index contributed by atoms with van der Waals surface area (Å²) in [5.74, 6) is -1.41. The maximum Gasteiger partial charge on any atom is 0.342 e. The first kappa shape index (κ1) is 18.9. The zero-order valence-corrected chi connectivity index (χ0v) is 15.7. The van der Waals surface area contributed by atoms with Crippen molar-refractivity contribution in [2.24, 2.45) is 5.41 Å². The van der Waals surface area contributed by atoms with E-state index >= 15 is 0 Å². The van der Waals surface area contributed by atoms with Crippen LogP contribution in [0.3, 0.4) is 0 Å². The molecule has 1 atom stereocenters. The quantitative estimate of drug-likeness (QED) is 0.566. The topological polar surface area (TPSA) is 88.1 Å². The summed E-state index contributed by atoms with van der Waals surface area (Å²) in [7, 11) is -1.22. The predicted molar refractivity (Wildman–Crippen MR) is 86.5 cm³/mol. The summed E-state index contributed by atoms with van der Waals surface area (Å²) in [4.78, 5) is 24.3. The minimum absolute atomic E-state index is 0.0106. The second kappa shape index (κ2) is 6.47. The van der Waals surface area contributed by atoms with E-state index in [9.17, 15) is 14.2 Å². The first-order valence-electron chi connectivity index (χ1n) is 7.55. The van der Waals surface area contributed by atoms with Gasteiger partial charge in [-0.1, -0.05) is 19.4 Å². The predicted octanol–water partition coefficient (Wildman–Crippen LogP) is 2.61. The minimum Gasteiger partial charge on any atom is -0.466 e. The average Bonchev–Trinajstić information content (AvgIpc) is 2.49. The van der Waals surface area contributed by atoms with Gasteiger partial charge in [-0.05, 0) is 19.4 Å². The molecule has 1 aliphatic carbocycles. The number of rotatable bonds is 3. The summed E-state index contributed by atoms with van der Waals surface area (Å²) in [6.45, 7) is 7.85. The van der Waals surface area contributed by atoms with Crippen LogP contribution in [0, 0.1) is 5.41 Å². The SMILES string of the molecule is COC(=O)C1=C(C(=O)OC)C(P2(=O)OCC(C)(C)CO2)C1=C(C)C. The highest BCUT2D eigenvalue weighted by atomic mass is 31.2. The van der Waals surface area contributed by atoms with Crippen LogP contribution in [0.1, 0.15) is 27.7 Å². The molecule has 0 aromatic rings. The van der Waals surface area contributed by atoms with Crippen LogP contribution in [0.4, 0.5) is 0 Å². The number of allylic oxidation sites excluding steroid dienone is 1. The van der Waals surface area contributed by atoms with Crippen molar-refractivity contribution in [1.82, 2.24) is 0 Å². The molecule has 2 aliphatic rings. The summed E-state index contributed by atoms with van der Waals surface area (Å²) in [5, 5.41) is 0. The second-order valence-corrected chi connectivity index (χ2v) is 8.95. The van der Waals surface area contributed by atoms with Crippen molar-refractivity contribution < 1.29 is 32.7 Å². The van der Waals surface area contributed by atoms with E-state index in [1.54, 1.807) is 13.8 Å². The monoisotopic (exact) mass is 358 g/mol. The van der Waals surface area contributed by atoms with E-state index in [-0.39, 0.29) is 29.8 Å². The van der Waals surface area contributed by atoms with E-state index in [4.69, 9.17) is 18.5 Å². The molecular formula is C16H23O7P. The van der Waals surface area contributed by atoms with Crippen molar-refractivity contribution in [3.8, 4) is 0 Å². The van der Waals surface area contributed by atoms with E-state index in [2.05, 4.69) is 0 Å². The fourth-order valence-electron chi connectivity index (χ4n) is 2.73. The lowest BCUT2D eigenvalue weighted by Crippen LogP contribution is -2.41. The molecule has 0 spiro atoms. The standard InChI is InChI=1S/C16H23O7P/c1-9(2)10-11(14(17)20-5)12(15(18)21-6)13(10)24(19)22-7-16(3,4)8-23-24/h13H,7-8H2,1-6H3. The Morgan fingerprint density at radius 1 is 1.08 bits per heavy atom. The van der Waals surface area contributed by atoms with Gasteiger partial charge in [-0.2, -0.15) is 0 Å². The maximum atomic E-state index is 13.2. The summed E-state index contributed by atoms with van der Waals surface area (Å²) < 4.78 is 33.9. The number of ether oxygens (including phenoxy) is 2. The van der Waals surface area contributed by atoms with Crippen LogP contribution in [0.25, 0.3) is 0 Å². The Bertz CT molecular complexity index is 669. The first-order chi connectivity index (χ1) is 11.1. The van der Waals surface area contributed by atoms with Crippen LogP contribution in [-0.4, -0.2) is 45.0 Å². The zero-order chi connectivity index (χ0) is 18.3. The van der Waals surface area contributed by atoms with Gasteiger partial charge in [0.25, 0.3) is 0 Å². The number of hydrogen-bond donors (Lipinski definition) is 0. The molecule has 0 N–H and O–H groups in total. The lowest BCUT2D eigenvalue weighted by molar-refractivity contribution is -0.139. The Hall–Kier alpha value is -1.43. The Labute approximate surface area is 141 Å². The van der Waals surface area contributed by atoms with Crippen molar-refractivity contribution in [3.05, 3.63) is 22.3 Å². The van der Waals surface area contributed by atoms with Gasteiger partial charge in [0.15, 0.2) is 0 Å². The average molecular weight is 358 g/mol. The molecule has 1 saturated heterocycles. The molecule has 0 aromatic carbocycles. The van der Waals surface area contributed by atoms with Crippen LogP contribution < -0.4 is 0 Å². The van der Waals surface area contributed by atoms with Gasteiger partial charge >= 0.3 is 19.5 Å². The van der Waals surface area contributed by atoms with Crippen LogP contribution in [0.5, 0.6) is 0 Å². The van der Waals surface area contributed by atoms with Gasteiger partial charge in [-0.25, -0.2) is 9.59 Å². The fraction of sp³-hybridized carbons (Fsp3) is 0.625. The van der Waals surface area contributed by atoms with E-state index in [1.165, 1.54) is 14.2 Å². The molecule has 0 amide bonds. The van der Waals surface area contributed by atoms with Gasteiger partial charge < -0.3 is 18.5 Å². The molecule has 8 heteroatoms. The zero-order valence-electron chi connectivity index (χ0n) is 14.8. The number of methoxy groups -OCH3 is 2. The molecule has 134 valence electrons. The highest BCUT2D eigenvalue weighted by Gasteiger charge is 2.57. The number of esters is 2. The number of carbonyl (C=O) groups excluding carboxylic acids is 2. The van der Waals surface area contributed by atoms with Crippen molar-refractivity contribution in [3.63, 3.8) is 0 Å². The summed E-state index contributed by atoms with van der Waals surface area (Å²) in [6.07, 6.45) is 0. The normalized spacial score (nSPS) is 24.9. The van der Waals surface area contributed by atoms with Gasteiger partial charge in [-0.15, -0.1) is 0 Å². The van der Waals surface area contributed by atoms with Crippen molar-refractivity contribution in [2.75, 3.05) is 27.4 Å². The summed E-state index contributed by atoms with van der Waals surface area (Å²) in [6, 6.07) is 0. The highest BCUT2D eigenvalue weighted by Crippen LogP contribution is 2.66. The fourth-order valence-corrected chi connectivity index (χ4v) is 5.41. The van der Waals surface area contributed by atoms with Crippen LogP contribution in [-0.2, 0) is 32.7 Å². The molecule has 0 saturated carbocycles. The van der Waals surface area contributed by atoms with Crippen LogP contribution >= 0.6 is 7.60 Å². The smallest absolute Gasteiger partial charge is 0.342 e. The molecule has 1 unspecified atom stereocenters. The van der Waals surface area contributed by atoms with E-state index < -0.39 is 25.2 Å². The number of carbonyl (C=O) groups is 2. The third kappa shape index (κ3) is 3.08. The molecule has 1 heterocycles. The van der Waals surface area contributed by atoms with Gasteiger partial charge in [0.05, 0.1) is 38.6 Å². The van der Waals surface area contributed by atoms with Crippen molar-refractivity contribution in [1.29, 1.82) is 0 Å². The molecule has 0 aromatic heterocycles. The molecule has 24 heavy (non-hydrogen) atoms. The van der Waals surface area contributed by atoms with Gasteiger partial charge in [-0.3, -0.25) is 4.57 Å². The third-order valence-electron chi connectivity index (χ3n) is 4.01. The van der Waals surface area contributed by atoms with Crippen molar-refractivity contribution >= 4 is 19.5 Å². The summed E-state index contributed by atoms with van der Waals surface area (Å²) in [5.41, 5.74) is 0.0688. The maximum absolute atomic E-state index is 13.2. The lowest BCUT2D eigenvalue weighted by Gasteiger charge is -2.42. The molecule has 0 bridgehead atoms. The van der Waals surface area contributed by atoms with Gasteiger partial charge in [0, 0.05) is 5.41 Å². The minimum atomic E-state index is -3.64. The molecule has 2 rings (SSSR count). The van der Waals surface area contributed by atoms with Gasteiger partial charge in [0.2, 0.25) is 0 Å². The Kier molecular flexibility index (Phi) is 5.09. The van der Waals surface area contributed by atoms with Gasteiger partial charge in [0.1, 0.15) is 5.66 Å². The molecule has 7 nitrogen and oxygen atoms in total. The first-order valence-corrected chi connectivity index (χ1v) is 9.16. The molecule has 1 aliphatic heterocycles. The largest absolute Gasteiger partial charge is 0.466 e. The van der Waals surface area contributed by atoms with E-state index in [0.29, 0.717) is 5.57 Å². The Balaban J connectivity index is 2.54. The van der Waals surface area contributed by atoms with Crippen LogP contribution in [0.2, 0.25) is 0 Å². The highest BCUT2D eigenvalue weighted by molar-refractivity contribution is 7.55. The van der Waals surface area contributed by atoms with Crippen molar-refractivity contribution in [2.45, 2.75) is 33.4 Å².